The highest BCUT2D eigenvalue weighted by Crippen LogP contribution is 2.20. The number of benzene rings is 2. The zero-order valence-electron chi connectivity index (χ0n) is 18.8. The zero-order chi connectivity index (χ0) is 23.0. The van der Waals surface area contributed by atoms with E-state index in [1.165, 1.54) is 0 Å². The quantitative estimate of drug-likeness (QED) is 0.683. The lowest BCUT2D eigenvalue weighted by atomic mass is 9.97. The van der Waals surface area contributed by atoms with Gasteiger partial charge in [0, 0.05) is 43.8 Å². The van der Waals surface area contributed by atoms with Crippen LogP contribution in [-0.2, 0) is 9.59 Å². The van der Waals surface area contributed by atoms with Gasteiger partial charge in [-0.05, 0) is 54.9 Å². The van der Waals surface area contributed by atoms with Crippen molar-refractivity contribution in [3.63, 3.8) is 0 Å². The monoisotopic (exact) mass is 446 g/mol. The van der Waals surface area contributed by atoms with E-state index in [-0.39, 0.29) is 23.6 Å². The van der Waals surface area contributed by atoms with E-state index in [2.05, 4.69) is 15.8 Å². The Morgan fingerprint density at radius 3 is 2.52 bits per heavy atom. The fourth-order valence-electron chi connectivity index (χ4n) is 4.34. The lowest BCUT2D eigenvalue weighted by Crippen LogP contribution is -2.43. The van der Waals surface area contributed by atoms with Crippen molar-refractivity contribution in [2.24, 2.45) is 11.0 Å². The van der Waals surface area contributed by atoms with E-state index in [1.54, 1.807) is 0 Å². The van der Waals surface area contributed by atoms with Crippen molar-refractivity contribution >= 4 is 23.4 Å². The molecule has 2 aromatic carbocycles. The van der Waals surface area contributed by atoms with Crippen molar-refractivity contribution in [2.75, 3.05) is 19.6 Å². The van der Waals surface area contributed by atoms with E-state index in [1.807, 2.05) is 59.5 Å². The van der Waals surface area contributed by atoms with Gasteiger partial charge in [0.05, 0.1) is 0 Å². The molecule has 0 radical (unpaired) electrons. The summed E-state index contributed by atoms with van der Waals surface area (Å²) < 4.78 is 0. The summed E-state index contributed by atoms with van der Waals surface area (Å²) in [7, 11) is 0. The molecule has 1 saturated heterocycles. The smallest absolute Gasteiger partial charge is 0.251 e. The number of hydrazone groups is 1. The molecule has 0 aliphatic carbocycles. The second-order valence-corrected chi connectivity index (χ2v) is 8.71. The zero-order valence-corrected chi connectivity index (χ0v) is 18.8. The minimum absolute atomic E-state index is 0.0712. The molecule has 33 heavy (non-hydrogen) atoms. The van der Waals surface area contributed by atoms with Crippen LogP contribution in [0.1, 0.15) is 48.9 Å². The molecule has 1 atom stereocenters. The number of piperidine rings is 1. The Labute approximate surface area is 194 Å². The summed E-state index contributed by atoms with van der Waals surface area (Å²) in [5.74, 6) is 0.206. The fraction of sp³-hybridized carbons (Fsp3) is 0.385. The third-order valence-corrected chi connectivity index (χ3v) is 6.28. The van der Waals surface area contributed by atoms with E-state index in [0.29, 0.717) is 44.3 Å². The summed E-state index contributed by atoms with van der Waals surface area (Å²) in [6, 6.07) is 17.7. The molecular weight excluding hydrogens is 416 g/mol. The highest BCUT2D eigenvalue weighted by molar-refractivity contribution is 5.95. The van der Waals surface area contributed by atoms with Crippen LogP contribution < -0.4 is 10.7 Å². The molecule has 1 fully saturated rings. The summed E-state index contributed by atoms with van der Waals surface area (Å²) in [6.07, 6.45) is 3.98. The third-order valence-electron chi connectivity index (χ3n) is 6.28. The van der Waals surface area contributed by atoms with E-state index in [9.17, 15) is 14.4 Å². The number of likely N-dealkylation sites (tertiary alicyclic amines) is 1. The van der Waals surface area contributed by atoms with E-state index in [4.69, 9.17) is 0 Å². The predicted octanol–water partition coefficient (Wildman–Crippen LogP) is 3.37. The molecule has 2 N–H and O–H groups in total. The maximum absolute atomic E-state index is 12.7. The molecule has 0 unspecified atom stereocenters. The Morgan fingerprint density at radius 2 is 1.79 bits per heavy atom. The largest absolute Gasteiger partial charge is 0.352 e. The lowest BCUT2D eigenvalue weighted by molar-refractivity contribution is -0.132. The first-order valence-corrected chi connectivity index (χ1v) is 11.6. The molecule has 0 saturated carbocycles. The Balaban J connectivity index is 1.23. The standard InChI is InChI=1S/C26H30N4O3/c31-24-14-12-23(28-29-24)13-15-25(32)30-16-4-5-19(18-30)17-27-26(33)22-10-8-21(9-11-22)20-6-2-1-3-7-20/h1-3,6-11,19H,4-5,12-18H2,(H,27,33)(H,29,31)/t19-/m0/s1. The van der Waals surface area contributed by atoms with Gasteiger partial charge < -0.3 is 10.2 Å². The van der Waals surface area contributed by atoms with E-state index >= 15 is 0 Å². The number of nitrogens with zero attached hydrogens (tertiary/aromatic N) is 2. The van der Waals surface area contributed by atoms with Crippen molar-refractivity contribution in [3.05, 3.63) is 60.2 Å². The van der Waals surface area contributed by atoms with Crippen LogP contribution in [0.2, 0.25) is 0 Å². The van der Waals surface area contributed by atoms with Gasteiger partial charge in [0.1, 0.15) is 0 Å². The normalized spacial score (nSPS) is 18.3. The molecule has 2 aromatic rings. The summed E-state index contributed by atoms with van der Waals surface area (Å²) in [5.41, 5.74) is 6.19. The van der Waals surface area contributed by atoms with Crippen molar-refractivity contribution in [1.82, 2.24) is 15.6 Å². The molecule has 0 aromatic heterocycles. The van der Waals surface area contributed by atoms with Gasteiger partial charge in [0.2, 0.25) is 11.8 Å². The van der Waals surface area contributed by atoms with Crippen LogP contribution in [0, 0.1) is 5.92 Å². The van der Waals surface area contributed by atoms with Crippen molar-refractivity contribution in [2.45, 2.75) is 38.5 Å². The number of rotatable bonds is 7. The van der Waals surface area contributed by atoms with E-state index in [0.717, 1.165) is 36.2 Å². The van der Waals surface area contributed by atoms with Crippen LogP contribution in [0.25, 0.3) is 11.1 Å². The molecule has 4 rings (SSSR count). The van der Waals surface area contributed by atoms with Gasteiger partial charge in [-0.1, -0.05) is 42.5 Å². The Morgan fingerprint density at radius 1 is 1.03 bits per heavy atom. The molecular formula is C26H30N4O3. The van der Waals surface area contributed by atoms with Crippen LogP contribution in [0.3, 0.4) is 0 Å². The average molecular weight is 447 g/mol. The van der Waals surface area contributed by atoms with Gasteiger partial charge in [0.15, 0.2) is 0 Å². The Kier molecular flexibility index (Phi) is 7.50. The molecule has 2 heterocycles. The van der Waals surface area contributed by atoms with Gasteiger partial charge in [-0.25, -0.2) is 5.43 Å². The Bertz CT molecular complexity index is 1020. The highest BCUT2D eigenvalue weighted by atomic mass is 16.2. The first kappa shape index (κ1) is 22.7. The molecule has 0 bridgehead atoms. The molecule has 2 aliphatic heterocycles. The van der Waals surface area contributed by atoms with Crippen LogP contribution in [0.4, 0.5) is 0 Å². The number of hydrogen-bond acceptors (Lipinski definition) is 4. The van der Waals surface area contributed by atoms with Crippen LogP contribution >= 0.6 is 0 Å². The Hall–Kier alpha value is -3.48. The summed E-state index contributed by atoms with van der Waals surface area (Å²) in [4.78, 5) is 38.4. The minimum Gasteiger partial charge on any atom is -0.352 e. The first-order valence-electron chi connectivity index (χ1n) is 11.6. The molecule has 172 valence electrons. The van der Waals surface area contributed by atoms with Crippen LogP contribution in [-0.4, -0.2) is 48.0 Å². The van der Waals surface area contributed by atoms with Crippen molar-refractivity contribution in [1.29, 1.82) is 0 Å². The SMILES string of the molecule is O=C1CCC(CCC(=O)N2CCC[C@@H](CNC(=O)c3ccc(-c4ccccc4)cc3)C2)=NN1. The second kappa shape index (κ2) is 10.9. The van der Waals surface area contributed by atoms with E-state index < -0.39 is 0 Å². The van der Waals surface area contributed by atoms with Gasteiger partial charge in [0.25, 0.3) is 5.91 Å². The van der Waals surface area contributed by atoms with Gasteiger partial charge in [-0.3, -0.25) is 14.4 Å². The molecule has 7 heteroatoms. The fourth-order valence-corrected chi connectivity index (χ4v) is 4.34. The van der Waals surface area contributed by atoms with Gasteiger partial charge in [-0.15, -0.1) is 0 Å². The molecule has 2 aliphatic rings. The first-order chi connectivity index (χ1) is 16.1. The maximum atomic E-state index is 12.7. The molecule has 0 spiro atoms. The third kappa shape index (κ3) is 6.28. The number of carbonyl (C=O) groups is 3. The summed E-state index contributed by atoms with van der Waals surface area (Å²) >= 11 is 0. The minimum atomic E-state index is -0.0876. The van der Waals surface area contributed by atoms with Gasteiger partial charge in [-0.2, -0.15) is 5.10 Å². The number of hydrogen-bond donors (Lipinski definition) is 2. The lowest BCUT2D eigenvalue weighted by Gasteiger charge is -2.33. The maximum Gasteiger partial charge on any atom is 0.251 e. The molecule has 3 amide bonds. The molecule has 7 nitrogen and oxygen atoms in total. The second-order valence-electron chi connectivity index (χ2n) is 8.71. The summed E-state index contributed by atoms with van der Waals surface area (Å²) in [6.45, 7) is 1.98. The van der Waals surface area contributed by atoms with Crippen LogP contribution in [0.5, 0.6) is 0 Å². The van der Waals surface area contributed by atoms with Crippen LogP contribution in [0.15, 0.2) is 59.7 Å². The predicted molar refractivity (Wildman–Crippen MR) is 128 cm³/mol. The van der Waals surface area contributed by atoms with Crippen molar-refractivity contribution in [3.8, 4) is 11.1 Å². The summed E-state index contributed by atoms with van der Waals surface area (Å²) in [5, 5.41) is 7.08. The van der Waals surface area contributed by atoms with Gasteiger partial charge >= 0.3 is 0 Å². The highest BCUT2D eigenvalue weighted by Gasteiger charge is 2.24. The van der Waals surface area contributed by atoms with Crippen molar-refractivity contribution < 1.29 is 14.4 Å². The number of carbonyl (C=O) groups excluding carboxylic acids is 3. The number of nitrogens with one attached hydrogen (secondary N) is 2. The number of amides is 3. The topological polar surface area (TPSA) is 90.9 Å². The average Bonchev–Trinajstić information content (AvgIpc) is 2.87.